The third-order valence-corrected chi connectivity index (χ3v) is 5.73. The van der Waals surface area contributed by atoms with Crippen LogP contribution >= 0.6 is 27.7 Å². The van der Waals surface area contributed by atoms with Crippen LogP contribution in [0.1, 0.15) is 24.5 Å². The predicted octanol–water partition coefficient (Wildman–Crippen LogP) is 4.38. The molecule has 2 aromatic carbocycles. The molecule has 0 aliphatic carbocycles. The Morgan fingerprint density at radius 1 is 1.19 bits per heavy atom. The van der Waals surface area contributed by atoms with Crippen LogP contribution in [0.4, 0.5) is 0 Å². The van der Waals surface area contributed by atoms with Crippen LogP contribution in [0.3, 0.4) is 0 Å². The smallest absolute Gasteiger partial charge is 0.250 e. The second kappa shape index (κ2) is 9.80. The van der Waals surface area contributed by atoms with Crippen molar-refractivity contribution < 1.29 is 14.3 Å². The van der Waals surface area contributed by atoms with Crippen LogP contribution in [0.2, 0.25) is 0 Å². The van der Waals surface area contributed by atoms with Crippen molar-refractivity contribution in [2.45, 2.75) is 19.1 Å². The van der Waals surface area contributed by atoms with Crippen LogP contribution in [-0.4, -0.2) is 30.6 Å². The minimum Gasteiger partial charge on any atom is -0.486 e. The number of hydrazone groups is 1. The summed E-state index contributed by atoms with van der Waals surface area (Å²) in [6.07, 6.45) is 0.698. The number of nitrogens with zero attached hydrogens (tertiary/aromatic N) is 1. The summed E-state index contributed by atoms with van der Waals surface area (Å²) in [6, 6.07) is 13.7. The number of halogens is 1. The Labute approximate surface area is 171 Å². The number of nitrogens with one attached hydrogen (secondary N) is 1. The van der Waals surface area contributed by atoms with Crippen molar-refractivity contribution in [3.05, 3.63) is 58.1 Å². The molecule has 142 valence electrons. The summed E-state index contributed by atoms with van der Waals surface area (Å²) < 4.78 is 12.2. The summed E-state index contributed by atoms with van der Waals surface area (Å²) in [7, 11) is 0. The number of amides is 1. The molecule has 0 saturated carbocycles. The molecular weight excluding hydrogens is 428 g/mol. The number of benzene rings is 2. The van der Waals surface area contributed by atoms with Crippen molar-refractivity contribution in [1.29, 1.82) is 0 Å². The summed E-state index contributed by atoms with van der Waals surface area (Å²) in [6.45, 7) is 3.11. The normalized spacial score (nSPS) is 13.3. The van der Waals surface area contributed by atoms with Crippen LogP contribution in [0, 0.1) is 0 Å². The molecule has 0 fully saturated rings. The second-order valence-corrected chi connectivity index (χ2v) is 7.73. The van der Waals surface area contributed by atoms with E-state index in [4.69, 9.17) is 9.47 Å². The molecule has 0 spiro atoms. The van der Waals surface area contributed by atoms with Gasteiger partial charge in [-0.2, -0.15) is 5.10 Å². The molecule has 0 unspecified atom stereocenters. The number of thioether (sulfide) groups is 1. The van der Waals surface area contributed by atoms with Gasteiger partial charge in [-0.25, -0.2) is 5.43 Å². The minimum atomic E-state index is -0.115. The van der Waals surface area contributed by atoms with Crippen LogP contribution in [0.15, 0.2) is 52.0 Å². The highest BCUT2D eigenvalue weighted by Crippen LogP contribution is 2.31. The first kappa shape index (κ1) is 19.8. The Hall–Kier alpha value is -1.99. The minimum absolute atomic E-state index is 0.115. The van der Waals surface area contributed by atoms with Gasteiger partial charge in [0.2, 0.25) is 5.91 Å². The van der Waals surface area contributed by atoms with Gasteiger partial charge in [-0.3, -0.25) is 4.79 Å². The highest BCUT2D eigenvalue weighted by atomic mass is 79.9. The van der Waals surface area contributed by atoms with E-state index in [0.29, 0.717) is 25.4 Å². The van der Waals surface area contributed by atoms with Gasteiger partial charge in [0.05, 0.1) is 11.5 Å². The maximum Gasteiger partial charge on any atom is 0.250 e. The van der Waals surface area contributed by atoms with Crippen LogP contribution < -0.4 is 14.9 Å². The average molecular weight is 449 g/mol. The molecule has 27 heavy (non-hydrogen) atoms. The molecule has 1 aliphatic rings. The lowest BCUT2D eigenvalue weighted by molar-refractivity contribution is -0.118. The van der Waals surface area contributed by atoms with Crippen molar-refractivity contribution >= 4 is 39.3 Å². The Morgan fingerprint density at radius 3 is 2.74 bits per heavy atom. The van der Waals surface area contributed by atoms with Gasteiger partial charge in [0.15, 0.2) is 11.5 Å². The zero-order valence-electron chi connectivity index (χ0n) is 15.0. The molecule has 3 rings (SSSR count). The lowest BCUT2D eigenvalue weighted by Crippen LogP contribution is -2.22. The van der Waals surface area contributed by atoms with E-state index in [1.165, 1.54) is 5.56 Å². The Bertz CT molecular complexity index is 842. The van der Waals surface area contributed by atoms with Crippen molar-refractivity contribution in [3.63, 3.8) is 0 Å². The first-order chi connectivity index (χ1) is 13.2. The van der Waals surface area contributed by atoms with Crippen molar-refractivity contribution in [2.75, 3.05) is 19.0 Å². The molecule has 0 atom stereocenters. The Balaban J connectivity index is 1.55. The van der Waals surface area contributed by atoms with Crippen LogP contribution in [0.25, 0.3) is 0 Å². The van der Waals surface area contributed by atoms with Gasteiger partial charge in [-0.1, -0.05) is 41.1 Å². The summed E-state index contributed by atoms with van der Waals surface area (Å²) in [5.74, 6) is 2.46. The zero-order chi connectivity index (χ0) is 19.1. The Morgan fingerprint density at radius 2 is 1.96 bits per heavy atom. The van der Waals surface area contributed by atoms with Crippen LogP contribution in [0.5, 0.6) is 11.5 Å². The zero-order valence-corrected chi connectivity index (χ0v) is 17.4. The van der Waals surface area contributed by atoms with E-state index in [9.17, 15) is 4.79 Å². The topological polar surface area (TPSA) is 59.9 Å². The lowest BCUT2D eigenvalue weighted by Gasteiger charge is -2.19. The lowest BCUT2D eigenvalue weighted by atomic mass is 10.1. The van der Waals surface area contributed by atoms with Crippen molar-refractivity contribution in [2.24, 2.45) is 5.10 Å². The number of ether oxygens (including phenoxy) is 2. The molecule has 1 N–H and O–H groups in total. The van der Waals surface area contributed by atoms with Gasteiger partial charge in [0, 0.05) is 15.8 Å². The van der Waals surface area contributed by atoms with Gasteiger partial charge >= 0.3 is 0 Å². The van der Waals surface area contributed by atoms with Gasteiger partial charge in [-0.05, 0) is 36.2 Å². The number of hydrogen-bond acceptors (Lipinski definition) is 5. The molecule has 0 radical (unpaired) electrons. The predicted molar refractivity (Wildman–Crippen MR) is 113 cm³/mol. The maximum atomic E-state index is 12.1. The van der Waals surface area contributed by atoms with Crippen molar-refractivity contribution in [3.8, 4) is 11.5 Å². The number of rotatable bonds is 7. The Kier molecular flexibility index (Phi) is 7.18. The first-order valence-electron chi connectivity index (χ1n) is 8.74. The van der Waals surface area contributed by atoms with Gasteiger partial charge in [0.25, 0.3) is 0 Å². The number of hydrogen-bond donors (Lipinski definition) is 1. The molecule has 0 bridgehead atoms. The molecule has 1 heterocycles. The summed E-state index contributed by atoms with van der Waals surface area (Å²) in [5.41, 5.74) is 5.55. The fourth-order valence-corrected chi connectivity index (χ4v) is 4.04. The van der Waals surface area contributed by atoms with E-state index >= 15 is 0 Å². The molecule has 7 heteroatoms. The first-order valence-corrected chi connectivity index (χ1v) is 10.7. The SMILES string of the molecule is CCC(=NNC(=O)CSCc1ccccc1Br)c1ccc2c(c1)OCCO2. The summed E-state index contributed by atoms with van der Waals surface area (Å²) in [4.78, 5) is 12.1. The maximum absolute atomic E-state index is 12.1. The van der Waals surface area contributed by atoms with E-state index in [1.54, 1.807) is 11.8 Å². The monoisotopic (exact) mass is 448 g/mol. The van der Waals surface area contributed by atoms with E-state index in [-0.39, 0.29) is 5.91 Å². The largest absolute Gasteiger partial charge is 0.486 e. The summed E-state index contributed by atoms with van der Waals surface area (Å²) in [5, 5.41) is 4.30. The van der Waals surface area contributed by atoms with E-state index in [1.807, 2.05) is 49.4 Å². The molecular formula is C20H21BrN2O3S. The second-order valence-electron chi connectivity index (χ2n) is 5.89. The molecule has 0 aromatic heterocycles. The van der Waals surface area contributed by atoms with E-state index in [0.717, 1.165) is 33.0 Å². The van der Waals surface area contributed by atoms with Gasteiger partial charge in [0.1, 0.15) is 13.2 Å². The van der Waals surface area contributed by atoms with E-state index < -0.39 is 0 Å². The fraction of sp³-hybridized carbons (Fsp3) is 0.300. The highest BCUT2D eigenvalue weighted by Gasteiger charge is 2.13. The van der Waals surface area contributed by atoms with Gasteiger partial charge < -0.3 is 9.47 Å². The molecule has 1 aliphatic heterocycles. The third-order valence-electron chi connectivity index (χ3n) is 3.97. The number of fused-ring (bicyclic) bond motifs is 1. The summed E-state index contributed by atoms with van der Waals surface area (Å²) >= 11 is 5.07. The standard InChI is InChI=1S/C20H21BrN2O3S/c1-2-17(14-7-8-18-19(11-14)26-10-9-25-18)22-23-20(24)13-27-12-15-5-3-4-6-16(15)21/h3-8,11H,2,9-10,12-13H2,1H3,(H,23,24). The number of carbonyl (C=O) groups is 1. The third kappa shape index (κ3) is 5.49. The van der Waals surface area contributed by atoms with Crippen molar-refractivity contribution in [1.82, 2.24) is 5.43 Å². The van der Waals surface area contributed by atoms with Gasteiger partial charge in [-0.15, -0.1) is 11.8 Å². The average Bonchev–Trinajstić information content (AvgIpc) is 2.70. The molecule has 0 saturated heterocycles. The van der Waals surface area contributed by atoms with E-state index in [2.05, 4.69) is 26.5 Å². The molecule has 1 amide bonds. The quantitative estimate of drug-likeness (QED) is 0.504. The number of carbonyl (C=O) groups excluding carboxylic acids is 1. The molecule has 2 aromatic rings. The highest BCUT2D eigenvalue weighted by molar-refractivity contribution is 9.10. The molecule has 5 nitrogen and oxygen atoms in total. The van der Waals surface area contributed by atoms with Crippen LogP contribution in [-0.2, 0) is 10.5 Å². The fourth-order valence-electron chi connectivity index (χ4n) is 2.60.